The maximum absolute atomic E-state index is 11.6. The number of benzene rings is 1. The Morgan fingerprint density at radius 3 is 2.72 bits per heavy atom. The molecule has 0 aromatic heterocycles. The molecule has 1 aliphatic rings. The molecule has 1 fully saturated rings. The molecular weight excluding hydrogens is 250 g/mol. The second kappa shape index (κ2) is 6.20. The Kier molecular flexibility index (Phi) is 4.60. The van der Waals surface area contributed by atoms with Gasteiger partial charge in [-0.2, -0.15) is 0 Å². The third kappa shape index (κ3) is 3.71. The normalized spacial score (nSPS) is 21.9. The van der Waals surface area contributed by atoms with Crippen LogP contribution in [0.5, 0.6) is 5.75 Å². The second-order valence-electron chi connectivity index (χ2n) is 4.50. The number of hydrogen-bond donors (Lipinski definition) is 1. The van der Waals surface area contributed by atoms with Crippen LogP contribution in [0.4, 0.5) is 0 Å². The van der Waals surface area contributed by atoms with Crippen LogP contribution in [0.15, 0.2) is 30.3 Å². The first-order valence-corrected chi connectivity index (χ1v) is 8.00. The molecule has 4 nitrogen and oxygen atoms in total. The number of para-hydroxylation sites is 1. The van der Waals surface area contributed by atoms with Crippen LogP contribution in [0.25, 0.3) is 0 Å². The summed E-state index contributed by atoms with van der Waals surface area (Å²) in [4.78, 5) is 0. The molecule has 0 saturated carbocycles. The molecule has 18 heavy (non-hydrogen) atoms. The SMILES string of the molecule is O=S1(=O)CCCC1CNCCOc1ccccc1. The van der Waals surface area contributed by atoms with Crippen molar-refractivity contribution < 1.29 is 13.2 Å². The Morgan fingerprint density at radius 1 is 1.28 bits per heavy atom. The molecule has 100 valence electrons. The molecule has 1 aromatic rings. The average Bonchev–Trinajstić information content (AvgIpc) is 2.70. The van der Waals surface area contributed by atoms with E-state index in [0.717, 1.165) is 18.6 Å². The van der Waals surface area contributed by atoms with E-state index in [1.54, 1.807) is 0 Å². The fourth-order valence-corrected chi connectivity index (χ4v) is 3.91. The van der Waals surface area contributed by atoms with Crippen LogP contribution in [0, 0.1) is 0 Å². The second-order valence-corrected chi connectivity index (χ2v) is 6.90. The van der Waals surface area contributed by atoms with E-state index >= 15 is 0 Å². The van der Waals surface area contributed by atoms with Crippen molar-refractivity contribution in [2.45, 2.75) is 18.1 Å². The van der Waals surface area contributed by atoms with Crippen molar-refractivity contribution in [1.82, 2.24) is 5.32 Å². The molecule has 1 unspecified atom stereocenters. The minimum atomic E-state index is -2.83. The number of rotatable bonds is 6. The Bertz CT molecular complexity index is 458. The molecule has 0 radical (unpaired) electrons. The lowest BCUT2D eigenvalue weighted by Gasteiger charge is -2.11. The molecule has 1 saturated heterocycles. The molecular formula is C13H19NO3S. The topological polar surface area (TPSA) is 55.4 Å². The van der Waals surface area contributed by atoms with Gasteiger partial charge in [0.2, 0.25) is 0 Å². The zero-order chi connectivity index (χ0) is 12.8. The summed E-state index contributed by atoms with van der Waals surface area (Å²) in [7, 11) is -2.83. The summed E-state index contributed by atoms with van der Waals surface area (Å²) < 4.78 is 28.7. The predicted molar refractivity (Wildman–Crippen MR) is 71.6 cm³/mol. The molecule has 0 amide bonds. The van der Waals surface area contributed by atoms with E-state index in [9.17, 15) is 8.42 Å². The summed E-state index contributed by atoms with van der Waals surface area (Å²) in [5.74, 6) is 1.19. The van der Waals surface area contributed by atoms with Crippen LogP contribution in [0.1, 0.15) is 12.8 Å². The van der Waals surface area contributed by atoms with Gasteiger partial charge in [0.1, 0.15) is 12.4 Å². The van der Waals surface area contributed by atoms with Gasteiger partial charge in [-0.25, -0.2) is 8.42 Å². The predicted octanol–water partition coefficient (Wildman–Crippen LogP) is 1.23. The number of ether oxygens (including phenoxy) is 1. The maximum atomic E-state index is 11.6. The van der Waals surface area contributed by atoms with Crippen LogP contribution < -0.4 is 10.1 Å². The van der Waals surface area contributed by atoms with E-state index in [2.05, 4.69) is 5.32 Å². The van der Waals surface area contributed by atoms with Crippen LogP contribution >= 0.6 is 0 Å². The molecule has 0 spiro atoms. The summed E-state index contributed by atoms with van der Waals surface area (Å²) in [5, 5.41) is 2.95. The fraction of sp³-hybridized carbons (Fsp3) is 0.538. The molecule has 0 bridgehead atoms. The quantitative estimate of drug-likeness (QED) is 0.789. The highest BCUT2D eigenvalue weighted by Gasteiger charge is 2.30. The van der Waals surface area contributed by atoms with Gasteiger partial charge in [0.25, 0.3) is 0 Å². The average molecular weight is 269 g/mol. The van der Waals surface area contributed by atoms with Gasteiger partial charge in [0.05, 0.1) is 11.0 Å². The third-order valence-electron chi connectivity index (χ3n) is 3.13. The van der Waals surface area contributed by atoms with Crippen molar-refractivity contribution in [3.05, 3.63) is 30.3 Å². The third-order valence-corrected chi connectivity index (χ3v) is 5.40. The first kappa shape index (κ1) is 13.4. The monoisotopic (exact) mass is 269 g/mol. The highest BCUT2D eigenvalue weighted by atomic mass is 32.2. The van der Waals surface area contributed by atoms with Gasteiger partial charge in [0, 0.05) is 13.1 Å². The Labute approximate surface area is 108 Å². The van der Waals surface area contributed by atoms with Crippen LogP contribution in [-0.2, 0) is 9.84 Å². The van der Waals surface area contributed by atoms with Crippen LogP contribution in [0.3, 0.4) is 0 Å². The van der Waals surface area contributed by atoms with Crippen molar-refractivity contribution in [2.24, 2.45) is 0 Å². The van der Waals surface area contributed by atoms with Gasteiger partial charge >= 0.3 is 0 Å². The summed E-state index contributed by atoms with van der Waals surface area (Å²) >= 11 is 0. The number of sulfone groups is 1. The molecule has 1 aliphatic heterocycles. The molecule has 5 heteroatoms. The van der Waals surface area contributed by atoms with Gasteiger partial charge < -0.3 is 10.1 Å². The molecule has 1 aromatic carbocycles. The van der Waals surface area contributed by atoms with Crippen LogP contribution in [-0.4, -0.2) is 39.1 Å². The van der Waals surface area contributed by atoms with Gasteiger partial charge in [0.15, 0.2) is 9.84 Å². The highest BCUT2D eigenvalue weighted by Crippen LogP contribution is 2.18. The summed E-state index contributed by atoms with van der Waals surface area (Å²) in [5.41, 5.74) is 0. The zero-order valence-electron chi connectivity index (χ0n) is 10.3. The fourth-order valence-electron chi connectivity index (χ4n) is 2.11. The van der Waals surface area contributed by atoms with Gasteiger partial charge in [-0.05, 0) is 25.0 Å². The molecule has 1 atom stereocenters. The smallest absolute Gasteiger partial charge is 0.154 e. The minimum absolute atomic E-state index is 0.200. The van der Waals surface area contributed by atoms with E-state index in [-0.39, 0.29) is 5.25 Å². The standard InChI is InChI=1S/C13H19NO3S/c15-18(16)10-4-7-13(18)11-14-8-9-17-12-5-2-1-3-6-12/h1-3,5-6,13-14H,4,7-11H2. The lowest BCUT2D eigenvalue weighted by Crippen LogP contribution is -2.32. The van der Waals surface area contributed by atoms with Gasteiger partial charge in [-0.3, -0.25) is 0 Å². The molecule has 0 aliphatic carbocycles. The summed E-state index contributed by atoms with van der Waals surface area (Å²) in [6.45, 7) is 1.76. The minimum Gasteiger partial charge on any atom is -0.492 e. The van der Waals surface area contributed by atoms with E-state index in [1.165, 1.54) is 0 Å². The van der Waals surface area contributed by atoms with E-state index in [1.807, 2.05) is 30.3 Å². The lowest BCUT2D eigenvalue weighted by molar-refractivity contribution is 0.314. The largest absolute Gasteiger partial charge is 0.492 e. The Morgan fingerprint density at radius 2 is 2.06 bits per heavy atom. The van der Waals surface area contributed by atoms with Crippen molar-refractivity contribution in [1.29, 1.82) is 0 Å². The Hall–Kier alpha value is -1.07. The van der Waals surface area contributed by atoms with Crippen molar-refractivity contribution in [3.63, 3.8) is 0 Å². The van der Waals surface area contributed by atoms with Crippen molar-refractivity contribution in [3.8, 4) is 5.75 Å². The number of nitrogens with one attached hydrogen (secondary N) is 1. The first-order chi connectivity index (χ1) is 8.68. The Balaban J connectivity index is 1.62. The first-order valence-electron chi connectivity index (χ1n) is 6.28. The van der Waals surface area contributed by atoms with Gasteiger partial charge in [-0.1, -0.05) is 18.2 Å². The van der Waals surface area contributed by atoms with E-state index in [4.69, 9.17) is 4.74 Å². The van der Waals surface area contributed by atoms with Gasteiger partial charge in [-0.15, -0.1) is 0 Å². The summed E-state index contributed by atoms with van der Waals surface area (Å²) in [6.07, 6.45) is 1.59. The van der Waals surface area contributed by atoms with Crippen LogP contribution in [0.2, 0.25) is 0 Å². The molecule has 1 N–H and O–H groups in total. The van der Waals surface area contributed by atoms with E-state index < -0.39 is 9.84 Å². The van der Waals surface area contributed by atoms with Crippen molar-refractivity contribution in [2.75, 3.05) is 25.4 Å². The van der Waals surface area contributed by atoms with E-state index in [0.29, 0.717) is 25.4 Å². The molecule has 2 rings (SSSR count). The molecule has 1 heterocycles. The number of hydrogen-bond acceptors (Lipinski definition) is 4. The maximum Gasteiger partial charge on any atom is 0.154 e. The van der Waals surface area contributed by atoms with Crippen molar-refractivity contribution >= 4 is 9.84 Å². The highest BCUT2D eigenvalue weighted by molar-refractivity contribution is 7.92. The summed E-state index contributed by atoms with van der Waals surface area (Å²) in [6, 6.07) is 9.60. The lowest BCUT2D eigenvalue weighted by atomic mass is 10.2. The zero-order valence-corrected chi connectivity index (χ0v) is 11.2.